The SMILES string of the molecule is CCC(=O)N1CC[C@@H](N[C@@H](C)c2cc3ccccc3s2)C1. The van der Waals surface area contributed by atoms with Gasteiger partial charge in [-0.2, -0.15) is 0 Å². The molecule has 1 amide bonds. The molecule has 4 heteroatoms. The van der Waals surface area contributed by atoms with E-state index in [1.54, 1.807) is 0 Å². The summed E-state index contributed by atoms with van der Waals surface area (Å²) in [5, 5.41) is 5.00. The number of carbonyl (C=O) groups is 1. The molecule has 0 unspecified atom stereocenters. The molecule has 1 aromatic carbocycles. The number of nitrogens with one attached hydrogen (secondary N) is 1. The average Bonchev–Trinajstić information content (AvgIpc) is 3.12. The highest BCUT2D eigenvalue weighted by Gasteiger charge is 2.26. The van der Waals surface area contributed by atoms with E-state index in [0.717, 1.165) is 19.5 Å². The Morgan fingerprint density at radius 2 is 2.29 bits per heavy atom. The van der Waals surface area contributed by atoms with Gasteiger partial charge in [0.05, 0.1) is 0 Å². The first-order valence-electron chi connectivity index (χ1n) is 7.69. The standard InChI is InChI=1S/C17H22N2OS/c1-3-17(20)19-9-8-14(11-19)18-12(2)16-10-13-6-4-5-7-15(13)21-16/h4-7,10,12,14,18H,3,8-9,11H2,1-2H3/t12-,14+/m0/s1. The Bertz CT molecular complexity index is 604. The summed E-state index contributed by atoms with van der Waals surface area (Å²) in [6.45, 7) is 5.89. The van der Waals surface area contributed by atoms with Crippen LogP contribution >= 0.6 is 11.3 Å². The van der Waals surface area contributed by atoms with Gasteiger partial charge in [-0.1, -0.05) is 25.1 Å². The van der Waals surface area contributed by atoms with E-state index in [0.29, 0.717) is 18.5 Å². The highest BCUT2D eigenvalue weighted by atomic mass is 32.1. The molecular formula is C17H22N2OS. The zero-order valence-corrected chi connectivity index (χ0v) is 13.5. The van der Waals surface area contributed by atoms with Crippen molar-refractivity contribution in [1.29, 1.82) is 0 Å². The Kier molecular flexibility index (Phi) is 4.27. The van der Waals surface area contributed by atoms with E-state index in [-0.39, 0.29) is 5.91 Å². The maximum atomic E-state index is 11.7. The van der Waals surface area contributed by atoms with Crippen molar-refractivity contribution < 1.29 is 4.79 Å². The predicted octanol–water partition coefficient (Wildman–Crippen LogP) is 3.56. The van der Waals surface area contributed by atoms with Gasteiger partial charge in [0.1, 0.15) is 0 Å². The van der Waals surface area contributed by atoms with Gasteiger partial charge in [-0.25, -0.2) is 0 Å². The Morgan fingerprint density at radius 3 is 3.05 bits per heavy atom. The highest BCUT2D eigenvalue weighted by molar-refractivity contribution is 7.19. The molecule has 1 fully saturated rings. The molecule has 0 radical (unpaired) electrons. The smallest absolute Gasteiger partial charge is 0.222 e. The molecule has 0 bridgehead atoms. The molecule has 3 nitrogen and oxygen atoms in total. The van der Waals surface area contributed by atoms with E-state index < -0.39 is 0 Å². The second-order valence-electron chi connectivity index (χ2n) is 5.75. The molecule has 0 aliphatic carbocycles. The fourth-order valence-electron chi connectivity index (χ4n) is 3.00. The molecule has 1 aromatic heterocycles. The highest BCUT2D eigenvalue weighted by Crippen LogP contribution is 2.30. The van der Waals surface area contributed by atoms with Crippen molar-refractivity contribution in [2.24, 2.45) is 0 Å². The van der Waals surface area contributed by atoms with Gasteiger partial charge in [0.2, 0.25) is 5.91 Å². The van der Waals surface area contributed by atoms with Gasteiger partial charge >= 0.3 is 0 Å². The first kappa shape index (κ1) is 14.5. The maximum Gasteiger partial charge on any atom is 0.222 e. The first-order valence-corrected chi connectivity index (χ1v) is 8.51. The van der Waals surface area contributed by atoms with E-state index in [1.165, 1.54) is 15.0 Å². The van der Waals surface area contributed by atoms with Gasteiger partial charge in [-0.15, -0.1) is 11.3 Å². The van der Waals surface area contributed by atoms with Crippen LogP contribution in [-0.2, 0) is 4.79 Å². The molecule has 21 heavy (non-hydrogen) atoms. The lowest BCUT2D eigenvalue weighted by molar-refractivity contribution is -0.129. The first-order chi connectivity index (χ1) is 10.2. The van der Waals surface area contributed by atoms with Crippen molar-refractivity contribution in [2.45, 2.75) is 38.8 Å². The normalized spacial score (nSPS) is 20.1. The van der Waals surface area contributed by atoms with Crippen LogP contribution in [0.2, 0.25) is 0 Å². The molecule has 3 rings (SSSR count). The van der Waals surface area contributed by atoms with Crippen LogP contribution < -0.4 is 5.32 Å². The van der Waals surface area contributed by atoms with Crippen molar-refractivity contribution in [2.75, 3.05) is 13.1 Å². The van der Waals surface area contributed by atoms with Crippen LogP contribution in [0.3, 0.4) is 0 Å². The van der Waals surface area contributed by atoms with Crippen LogP contribution in [-0.4, -0.2) is 29.9 Å². The summed E-state index contributed by atoms with van der Waals surface area (Å²) in [7, 11) is 0. The number of hydrogen-bond donors (Lipinski definition) is 1. The largest absolute Gasteiger partial charge is 0.341 e. The van der Waals surface area contributed by atoms with Gasteiger partial charge in [0.25, 0.3) is 0 Å². The summed E-state index contributed by atoms with van der Waals surface area (Å²) < 4.78 is 1.34. The zero-order chi connectivity index (χ0) is 14.8. The molecule has 1 aliphatic heterocycles. The molecule has 2 heterocycles. The van der Waals surface area contributed by atoms with Crippen LogP contribution in [0.1, 0.15) is 37.6 Å². The topological polar surface area (TPSA) is 32.3 Å². The molecule has 0 saturated carbocycles. The van der Waals surface area contributed by atoms with Gasteiger partial charge in [-0.05, 0) is 30.9 Å². The number of benzene rings is 1. The number of hydrogen-bond acceptors (Lipinski definition) is 3. The number of amides is 1. The van der Waals surface area contributed by atoms with E-state index in [1.807, 2.05) is 23.2 Å². The minimum absolute atomic E-state index is 0.272. The fraction of sp³-hybridized carbons (Fsp3) is 0.471. The van der Waals surface area contributed by atoms with E-state index >= 15 is 0 Å². The van der Waals surface area contributed by atoms with E-state index in [9.17, 15) is 4.79 Å². The van der Waals surface area contributed by atoms with Crippen LogP contribution in [0.25, 0.3) is 10.1 Å². The molecule has 1 N–H and O–H groups in total. The lowest BCUT2D eigenvalue weighted by Gasteiger charge is -2.19. The maximum absolute atomic E-state index is 11.7. The molecule has 1 saturated heterocycles. The Balaban J connectivity index is 1.64. The van der Waals surface area contributed by atoms with E-state index in [2.05, 4.69) is 42.6 Å². The molecule has 1 aliphatic rings. The van der Waals surface area contributed by atoms with Crippen molar-refractivity contribution in [1.82, 2.24) is 10.2 Å². The predicted molar refractivity (Wildman–Crippen MR) is 88.7 cm³/mol. The number of nitrogens with zero attached hydrogens (tertiary/aromatic N) is 1. The van der Waals surface area contributed by atoms with Crippen molar-refractivity contribution in [3.05, 3.63) is 35.2 Å². The monoisotopic (exact) mass is 302 g/mol. The summed E-state index contributed by atoms with van der Waals surface area (Å²) in [6, 6.07) is 11.5. The van der Waals surface area contributed by atoms with Crippen molar-refractivity contribution >= 4 is 27.3 Å². The second kappa shape index (κ2) is 6.16. The fourth-order valence-corrected chi connectivity index (χ4v) is 4.07. The number of likely N-dealkylation sites (tertiary alicyclic amines) is 1. The summed E-state index contributed by atoms with van der Waals surface area (Å²) in [5.74, 6) is 0.272. The van der Waals surface area contributed by atoms with Gasteiger partial charge < -0.3 is 10.2 Å². The minimum atomic E-state index is 0.272. The lowest BCUT2D eigenvalue weighted by Crippen LogP contribution is -2.35. The summed E-state index contributed by atoms with van der Waals surface area (Å²) in [4.78, 5) is 15.1. The number of thiophene rings is 1. The number of fused-ring (bicyclic) bond motifs is 1. The third-order valence-corrected chi connectivity index (χ3v) is 5.50. The molecule has 0 spiro atoms. The van der Waals surface area contributed by atoms with Crippen LogP contribution in [0.15, 0.2) is 30.3 Å². The third-order valence-electron chi connectivity index (χ3n) is 4.20. The summed E-state index contributed by atoms with van der Waals surface area (Å²) in [6.07, 6.45) is 1.67. The average molecular weight is 302 g/mol. The quantitative estimate of drug-likeness (QED) is 0.936. The Hall–Kier alpha value is -1.39. The van der Waals surface area contributed by atoms with Crippen LogP contribution in [0.5, 0.6) is 0 Å². The van der Waals surface area contributed by atoms with Crippen molar-refractivity contribution in [3.8, 4) is 0 Å². The lowest BCUT2D eigenvalue weighted by atomic mass is 10.2. The second-order valence-corrected chi connectivity index (χ2v) is 6.87. The Morgan fingerprint density at radius 1 is 1.48 bits per heavy atom. The minimum Gasteiger partial charge on any atom is -0.341 e. The van der Waals surface area contributed by atoms with Crippen LogP contribution in [0.4, 0.5) is 0 Å². The Labute approximate surface area is 130 Å². The zero-order valence-electron chi connectivity index (χ0n) is 12.6. The summed E-state index contributed by atoms with van der Waals surface area (Å²) >= 11 is 1.86. The summed E-state index contributed by atoms with van der Waals surface area (Å²) in [5.41, 5.74) is 0. The van der Waals surface area contributed by atoms with Gasteiger partial charge in [0, 0.05) is 41.2 Å². The number of carbonyl (C=O) groups excluding carboxylic acids is 1. The third kappa shape index (κ3) is 3.11. The molecule has 2 atom stereocenters. The van der Waals surface area contributed by atoms with Gasteiger partial charge in [-0.3, -0.25) is 4.79 Å². The number of rotatable bonds is 4. The molecule has 112 valence electrons. The molecule has 2 aromatic rings. The van der Waals surface area contributed by atoms with Crippen LogP contribution in [0, 0.1) is 0 Å². The van der Waals surface area contributed by atoms with Crippen molar-refractivity contribution in [3.63, 3.8) is 0 Å². The molecular weight excluding hydrogens is 280 g/mol. The van der Waals surface area contributed by atoms with E-state index in [4.69, 9.17) is 0 Å². The van der Waals surface area contributed by atoms with Gasteiger partial charge in [0.15, 0.2) is 0 Å².